The molecule has 1 aliphatic carbocycles. The molecule has 0 atom stereocenters. The predicted octanol–water partition coefficient (Wildman–Crippen LogP) is 2.29. The van der Waals surface area contributed by atoms with Gasteiger partial charge in [-0.15, -0.1) is 0 Å². The Balaban J connectivity index is 1.46. The van der Waals surface area contributed by atoms with E-state index in [0.717, 1.165) is 38.1 Å². The Morgan fingerprint density at radius 1 is 0.962 bits per heavy atom. The molecule has 0 amide bonds. The third-order valence-electron chi connectivity index (χ3n) is 5.36. The fourth-order valence-electron chi connectivity index (χ4n) is 3.35. The summed E-state index contributed by atoms with van der Waals surface area (Å²) >= 11 is 0. The van der Waals surface area contributed by atoms with Crippen LogP contribution in [0.15, 0.2) is 29.3 Å². The van der Waals surface area contributed by atoms with Gasteiger partial charge in [-0.05, 0) is 43.4 Å². The molecule has 5 heteroatoms. The number of nitrogens with zero attached hydrogens (tertiary/aromatic N) is 3. The van der Waals surface area contributed by atoms with E-state index in [9.17, 15) is 0 Å². The van der Waals surface area contributed by atoms with Crippen molar-refractivity contribution in [3.8, 4) is 0 Å². The highest BCUT2D eigenvalue weighted by Gasteiger charge is 2.21. The van der Waals surface area contributed by atoms with E-state index in [-0.39, 0.29) is 0 Å². The number of benzene rings is 1. The molecule has 144 valence electrons. The SMILES string of the molecule is CCNC(=NCc1ccc(CN2CCN(CC)CC2)cc1)NCC1CC1. The van der Waals surface area contributed by atoms with Gasteiger partial charge >= 0.3 is 0 Å². The zero-order valence-electron chi connectivity index (χ0n) is 16.5. The van der Waals surface area contributed by atoms with Crippen molar-refractivity contribution >= 4 is 5.96 Å². The summed E-state index contributed by atoms with van der Waals surface area (Å²) in [7, 11) is 0. The minimum Gasteiger partial charge on any atom is -0.357 e. The van der Waals surface area contributed by atoms with Crippen LogP contribution in [0.25, 0.3) is 0 Å². The zero-order chi connectivity index (χ0) is 18.2. The summed E-state index contributed by atoms with van der Waals surface area (Å²) in [6, 6.07) is 8.99. The maximum atomic E-state index is 4.73. The highest BCUT2D eigenvalue weighted by molar-refractivity contribution is 5.79. The first-order valence-corrected chi connectivity index (χ1v) is 10.3. The molecule has 2 aliphatic rings. The predicted molar refractivity (Wildman–Crippen MR) is 109 cm³/mol. The number of rotatable bonds is 8. The van der Waals surface area contributed by atoms with E-state index >= 15 is 0 Å². The van der Waals surface area contributed by atoms with Crippen LogP contribution >= 0.6 is 0 Å². The fraction of sp³-hybridized carbons (Fsp3) is 0.667. The first-order chi connectivity index (χ1) is 12.8. The van der Waals surface area contributed by atoms with Crippen molar-refractivity contribution in [3.05, 3.63) is 35.4 Å². The van der Waals surface area contributed by atoms with Gasteiger partial charge in [0, 0.05) is 45.8 Å². The second-order valence-electron chi connectivity index (χ2n) is 7.55. The van der Waals surface area contributed by atoms with Crippen LogP contribution in [0.5, 0.6) is 0 Å². The zero-order valence-corrected chi connectivity index (χ0v) is 16.5. The number of piperazine rings is 1. The number of hydrogen-bond donors (Lipinski definition) is 2. The minimum absolute atomic E-state index is 0.732. The highest BCUT2D eigenvalue weighted by atomic mass is 15.3. The van der Waals surface area contributed by atoms with Gasteiger partial charge in [0.25, 0.3) is 0 Å². The van der Waals surface area contributed by atoms with Crippen LogP contribution in [-0.2, 0) is 13.1 Å². The lowest BCUT2D eigenvalue weighted by Gasteiger charge is -2.34. The number of hydrogen-bond acceptors (Lipinski definition) is 3. The Morgan fingerprint density at radius 3 is 2.23 bits per heavy atom. The van der Waals surface area contributed by atoms with Crippen molar-refractivity contribution in [1.29, 1.82) is 0 Å². The van der Waals surface area contributed by atoms with Crippen LogP contribution < -0.4 is 10.6 Å². The standard InChI is InChI=1S/C21H35N5/c1-3-22-21(23-15-18-5-6-18)24-16-19-7-9-20(10-8-19)17-26-13-11-25(4-2)12-14-26/h7-10,18H,3-6,11-17H2,1-2H3,(H2,22,23,24). The Labute approximate surface area is 158 Å². The van der Waals surface area contributed by atoms with Crippen LogP contribution in [0.3, 0.4) is 0 Å². The lowest BCUT2D eigenvalue weighted by molar-refractivity contribution is 0.132. The molecule has 2 N–H and O–H groups in total. The summed E-state index contributed by atoms with van der Waals surface area (Å²) in [4.78, 5) is 9.81. The second kappa shape index (κ2) is 9.93. The molecule has 2 fully saturated rings. The molecule has 1 aliphatic heterocycles. The van der Waals surface area contributed by atoms with Crippen LogP contribution in [0.2, 0.25) is 0 Å². The van der Waals surface area contributed by atoms with E-state index < -0.39 is 0 Å². The monoisotopic (exact) mass is 357 g/mol. The van der Waals surface area contributed by atoms with Crippen LogP contribution in [0.4, 0.5) is 0 Å². The molecule has 0 radical (unpaired) electrons. The molecule has 0 unspecified atom stereocenters. The molecule has 0 spiro atoms. The summed E-state index contributed by atoms with van der Waals surface area (Å²) in [6.45, 7) is 14.0. The van der Waals surface area contributed by atoms with E-state index in [0.29, 0.717) is 0 Å². The summed E-state index contributed by atoms with van der Waals surface area (Å²) < 4.78 is 0. The Hall–Kier alpha value is -1.59. The lowest BCUT2D eigenvalue weighted by atomic mass is 10.1. The van der Waals surface area contributed by atoms with E-state index in [1.54, 1.807) is 0 Å². The molecule has 1 saturated heterocycles. The van der Waals surface area contributed by atoms with Gasteiger partial charge in [0.2, 0.25) is 0 Å². The Morgan fingerprint density at radius 2 is 1.62 bits per heavy atom. The van der Waals surface area contributed by atoms with Gasteiger partial charge in [-0.25, -0.2) is 4.99 Å². The van der Waals surface area contributed by atoms with E-state index in [4.69, 9.17) is 4.99 Å². The second-order valence-corrected chi connectivity index (χ2v) is 7.55. The third-order valence-corrected chi connectivity index (χ3v) is 5.36. The molecule has 1 aromatic carbocycles. The molecular weight excluding hydrogens is 322 g/mol. The van der Waals surface area contributed by atoms with Crippen molar-refractivity contribution in [2.24, 2.45) is 10.9 Å². The van der Waals surface area contributed by atoms with Crippen molar-refractivity contribution in [2.45, 2.75) is 39.8 Å². The smallest absolute Gasteiger partial charge is 0.191 e. The number of aliphatic imine (C=N–C) groups is 1. The molecule has 3 rings (SSSR count). The van der Waals surface area contributed by atoms with Crippen LogP contribution in [-0.4, -0.2) is 61.6 Å². The molecule has 5 nitrogen and oxygen atoms in total. The van der Waals surface area contributed by atoms with Crippen molar-refractivity contribution in [1.82, 2.24) is 20.4 Å². The summed E-state index contributed by atoms with van der Waals surface area (Å²) in [6.07, 6.45) is 2.72. The fourth-order valence-corrected chi connectivity index (χ4v) is 3.35. The Kier molecular flexibility index (Phi) is 7.32. The van der Waals surface area contributed by atoms with Crippen LogP contribution in [0, 0.1) is 5.92 Å². The average Bonchev–Trinajstić information content (AvgIpc) is 3.50. The van der Waals surface area contributed by atoms with Gasteiger partial charge in [0.05, 0.1) is 6.54 Å². The lowest BCUT2D eigenvalue weighted by Crippen LogP contribution is -2.45. The molecule has 1 saturated carbocycles. The van der Waals surface area contributed by atoms with Crippen LogP contribution in [0.1, 0.15) is 37.8 Å². The molecule has 26 heavy (non-hydrogen) atoms. The highest BCUT2D eigenvalue weighted by Crippen LogP contribution is 2.27. The summed E-state index contributed by atoms with van der Waals surface area (Å²) in [5.74, 6) is 1.80. The Bertz CT molecular complexity index is 556. The minimum atomic E-state index is 0.732. The number of guanidine groups is 1. The summed E-state index contributed by atoms with van der Waals surface area (Å²) in [5.41, 5.74) is 2.68. The van der Waals surface area contributed by atoms with E-state index in [1.807, 2.05) is 0 Å². The topological polar surface area (TPSA) is 42.9 Å². The van der Waals surface area contributed by atoms with Gasteiger partial charge in [0.15, 0.2) is 5.96 Å². The molecule has 1 heterocycles. The van der Waals surface area contributed by atoms with Gasteiger partial charge in [-0.1, -0.05) is 31.2 Å². The van der Waals surface area contributed by atoms with Gasteiger partial charge in [-0.3, -0.25) is 4.90 Å². The number of likely N-dealkylation sites (N-methyl/N-ethyl adjacent to an activating group) is 1. The van der Waals surface area contributed by atoms with Gasteiger partial charge < -0.3 is 15.5 Å². The van der Waals surface area contributed by atoms with Gasteiger partial charge in [0.1, 0.15) is 0 Å². The maximum absolute atomic E-state index is 4.73. The normalized spacial score (nSPS) is 19.5. The summed E-state index contributed by atoms with van der Waals surface area (Å²) in [5, 5.41) is 6.79. The first-order valence-electron chi connectivity index (χ1n) is 10.3. The van der Waals surface area contributed by atoms with Crippen molar-refractivity contribution < 1.29 is 0 Å². The largest absolute Gasteiger partial charge is 0.357 e. The third kappa shape index (κ3) is 6.29. The first kappa shape index (κ1) is 19.2. The molecule has 0 bridgehead atoms. The van der Waals surface area contributed by atoms with Crippen molar-refractivity contribution in [2.75, 3.05) is 45.8 Å². The van der Waals surface area contributed by atoms with E-state index in [2.05, 4.69) is 58.5 Å². The van der Waals surface area contributed by atoms with Crippen molar-refractivity contribution in [3.63, 3.8) is 0 Å². The molecule has 1 aromatic rings. The molecule has 0 aromatic heterocycles. The quantitative estimate of drug-likeness (QED) is 0.553. The van der Waals surface area contributed by atoms with E-state index in [1.165, 1.54) is 56.7 Å². The number of nitrogens with one attached hydrogen (secondary N) is 2. The average molecular weight is 358 g/mol. The van der Waals surface area contributed by atoms with Gasteiger partial charge in [-0.2, -0.15) is 0 Å². The molecular formula is C21H35N5. The maximum Gasteiger partial charge on any atom is 0.191 e.